The van der Waals surface area contributed by atoms with E-state index >= 15 is 0 Å². The summed E-state index contributed by atoms with van der Waals surface area (Å²) in [7, 11) is 0. The van der Waals surface area contributed by atoms with Crippen molar-refractivity contribution in [3.8, 4) is 0 Å². The maximum atomic E-state index is 13.1. The first kappa shape index (κ1) is 19.5. The number of aromatic nitrogens is 2. The molecule has 1 N–H and O–H groups in total. The lowest BCUT2D eigenvalue weighted by atomic mass is 9.94. The minimum Gasteiger partial charge on any atom is -0.507 e. The highest BCUT2D eigenvalue weighted by atomic mass is 16.3. The number of nitrogens with zero attached hydrogens (tertiary/aromatic N) is 3. The fourth-order valence-corrected chi connectivity index (χ4v) is 3.75. The summed E-state index contributed by atoms with van der Waals surface area (Å²) >= 11 is 0. The Balaban J connectivity index is 1.89. The van der Waals surface area contributed by atoms with Gasteiger partial charge in [-0.1, -0.05) is 29.8 Å². The van der Waals surface area contributed by atoms with Crippen LogP contribution in [0.5, 0.6) is 0 Å². The Morgan fingerprint density at radius 2 is 1.77 bits per heavy atom. The minimum atomic E-state index is -0.737. The second-order valence-corrected chi connectivity index (χ2v) is 7.39. The van der Waals surface area contributed by atoms with E-state index in [0.717, 1.165) is 16.7 Å². The van der Waals surface area contributed by atoms with Crippen molar-refractivity contribution in [1.82, 2.24) is 14.9 Å². The standard InChI is InChI=1S/C24H21N3O3/c1-15-7-8-16(2)19(11-15)22(28)20-21(18-6-4-10-26-13-18)27(24(30)23(20)29)14-17-5-3-9-25-12-17/h3-13,21,28H,14H2,1-2H3/t21-/m1/s1. The zero-order chi connectivity index (χ0) is 21.3. The van der Waals surface area contributed by atoms with Gasteiger partial charge in [-0.3, -0.25) is 19.6 Å². The molecule has 1 fully saturated rings. The van der Waals surface area contributed by atoms with Gasteiger partial charge >= 0.3 is 0 Å². The number of aryl methyl sites for hydroxylation is 2. The van der Waals surface area contributed by atoms with Crippen molar-refractivity contribution < 1.29 is 14.7 Å². The minimum absolute atomic E-state index is 0.0746. The molecule has 1 aliphatic heterocycles. The highest BCUT2D eigenvalue weighted by Crippen LogP contribution is 2.40. The quantitative estimate of drug-likeness (QED) is 0.411. The first-order chi connectivity index (χ1) is 14.5. The van der Waals surface area contributed by atoms with E-state index in [1.807, 2.05) is 38.1 Å². The fourth-order valence-electron chi connectivity index (χ4n) is 3.75. The number of amides is 1. The number of rotatable bonds is 4. The second kappa shape index (κ2) is 7.91. The number of pyridine rings is 2. The third kappa shape index (κ3) is 3.48. The van der Waals surface area contributed by atoms with Crippen LogP contribution in [0.15, 0.2) is 72.8 Å². The molecular weight excluding hydrogens is 378 g/mol. The van der Waals surface area contributed by atoms with E-state index in [0.29, 0.717) is 11.1 Å². The summed E-state index contributed by atoms with van der Waals surface area (Å²) < 4.78 is 0. The number of carbonyl (C=O) groups is 2. The smallest absolute Gasteiger partial charge is 0.295 e. The van der Waals surface area contributed by atoms with E-state index in [9.17, 15) is 14.7 Å². The normalized spacial score (nSPS) is 18.1. The maximum Gasteiger partial charge on any atom is 0.295 e. The average molecular weight is 399 g/mol. The summed E-state index contributed by atoms with van der Waals surface area (Å²) in [5, 5.41) is 11.2. The van der Waals surface area contributed by atoms with Gasteiger partial charge in [-0.05, 0) is 48.7 Å². The lowest BCUT2D eigenvalue weighted by Gasteiger charge is -2.25. The molecule has 6 nitrogen and oxygen atoms in total. The van der Waals surface area contributed by atoms with Crippen LogP contribution in [0.3, 0.4) is 0 Å². The Morgan fingerprint density at radius 3 is 2.43 bits per heavy atom. The molecule has 0 spiro atoms. The number of likely N-dealkylation sites (tertiary alicyclic amines) is 1. The summed E-state index contributed by atoms with van der Waals surface area (Å²) in [4.78, 5) is 35.8. The Morgan fingerprint density at radius 1 is 1.03 bits per heavy atom. The third-order valence-electron chi connectivity index (χ3n) is 5.26. The van der Waals surface area contributed by atoms with E-state index in [-0.39, 0.29) is 17.9 Å². The van der Waals surface area contributed by atoms with E-state index in [2.05, 4.69) is 9.97 Å². The molecule has 1 aromatic carbocycles. The number of hydrogen-bond donors (Lipinski definition) is 1. The van der Waals surface area contributed by atoms with Crippen LogP contribution in [0.1, 0.15) is 33.9 Å². The van der Waals surface area contributed by atoms with Gasteiger partial charge in [0.15, 0.2) is 0 Å². The molecule has 0 radical (unpaired) electrons. The number of Topliss-reactive ketones (excluding diaryl/α,β-unsaturated/α-hetero) is 1. The zero-order valence-electron chi connectivity index (χ0n) is 16.7. The Hall–Kier alpha value is -3.80. The third-order valence-corrected chi connectivity index (χ3v) is 5.26. The Kier molecular flexibility index (Phi) is 5.14. The van der Waals surface area contributed by atoms with Crippen molar-refractivity contribution in [1.29, 1.82) is 0 Å². The molecule has 1 aliphatic rings. The number of benzene rings is 1. The molecule has 6 heteroatoms. The van der Waals surface area contributed by atoms with Crippen LogP contribution in [0.2, 0.25) is 0 Å². The molecular formula is C24H21N3O3. The molecule has 30 heavy (non-hydrogen) atoms. The predicted octanol–water partition coefficient (Wildman–Crippen LogP) is 3.72. The number of carbonyl (C=O) groups excluding carboxylic acids is 2. The molecule has 2 aromatic heterocycles. The first-order valence-electron chi connectivity index (χ1n) is 9.62. The summed E-state index contributed by atoms with van der Waals surface area (Å²) in [6, 6.07) is 12.1. The van der Waals surface area contributed by atoms with Crippen LogP contribution in [-0.2, 0) is 16.1 Å². The lowest BCUT2D eigenvalue weighted by Crippen LogP contribution is -2.29. The van der Waals surface area contributed by atoms with Crippen molar-refractivity contribution in [2.75, 3.05) is 0 Å². The van der Waals surface area contributed by atoms with E-state index in [4.69, 9.17) is 0 Å². The summed E-state index contributed by atoms with van der Waals surface area (Å²) in [5.41, 5.74) is 3.84. The number of ketones is 1. The van der Waals surface area contributed by atoms with Gasteiger partial charge in [-0.25, -0.2) is 0 Å². The molecule has 0 bridgehead atoms. The average Bonchev–Trinajstić information content (AvgIpc) is 3.01. The largest absolute Gasteiger partial charge is 0.507 e. The first-order valence-corrected chi connectivity index (χ1v) is 9.62. The van der Waals surface area contributed by atoms with Crippen LogP contribution in [0.25, 0.3) is 5.76 Å². The van der Waals surface area contributed by atoms with Crippen LogP contribution in [-0.4, -0.2) is 31.7 Å². The predicted molar refractivity (Wildman–Crippen MR) is 112 cm³/mol. The molecule has 0 unspecified atom stereocenters. The highest BCUT2D eigenvalue weighted by molar-refractivity contribution is 6.46. The summed E-state index contributed by atoms with van der Waals surface area (Å²) in [6.45, 7) is 3.97. The van der Waals surface area contributed by atoms with Crippen molar-refractivity contribution in [2.24, 2.45) is 0 Å². The molecule has 150 valence electrons. The van der Waals surface area contributed by atoms with Gasteiger partial charge < -0.3 is 10.0 Å². The number of aliphatic hydroxyl groups is 1. The van der Waals surface area contributed by atoms with Gasteiger partial charge in [-0.2, -0.15) is 0 Å². The van der Waals surface area contributed by atoms with Crippen LogP contribution in [0.4, 0.5) is 0 Å². The van der Waals surface area contributed by atoms with Crippen molar-refractivity contribution in [3.63, 3.8) is 0 Å². The molecule has 3 heterocycles. The Labute approximate surface area is 174 Å². The monoisotopic (exact) mass is 399 g/mol. The maximum absolute atomic E-state index is 13.1. The van der Waals surface area contributed by atoms with Crippen molar-refractivity contribution in [2.45, 2.75) is 26.4 Å². The van der Waals surface area contributed by atoms with E-state index in [1.165, 1.54) is 4.90 Å². The fraction of sp³-hybridized carbons (Fsp3) is 0.167. The van der Waals surface area contributed by atoms with E-state index in [1.54, 1.807) is 43.0 Å². The Bertz CT molecular complexity index is 1140. The van der Waals surface area contributed by atoms with Crippen LogP contribution >= 0.6 is 0 Å². The van der Waals surface area contributed by atoms with Crippen LogP contribution < -0.4 is 0 Å². The summed E-state index contributed by atoms with van der Waals surface area (Å²) in [6.07, 6.45) is 6.55. The molecule has 0 aliphatic carbocycles. The highest BCUT2D eigenvalue weighted by Gasteiger charge is 2.46. The number of aliphatic hydroxyl groups excluding tert-OH is 1. The van der Waals surface area contributed by atoms with Gasteiger partial charge in [0.05, 0.1) is 11.6 Å². The van der Waals surface area contributed by atoms with E-state index < -0.39 is 17.7 Å². The zero-order valence-corrected chi connectivity index (χ0v) is 16.7. The van der Waals surface area contributed by atoms with Gasteiger partial charge in [0.2, 0.25) is 0 Å². The molecule has 1 atom stereocenters. The summed E-state index contributed by atoms with van der Waals surface area (Å²) in [5.74, 6) is -1.53. The van der Waals surface area contributed by atoms with Gasteiger partial charge in [0, 0.05) is 36.9 Å². The number of hydrogen-bond acceptors (Lipinski definition) is 5. The molecule has 1 saturated heterocycles. The lowest BCUT2D eigenvalue weighted by molar-refractivity contribution is -0.140. The van der Waals surface area contributed by atoms with Gasteiger partial charge in [0.1, 0.15) is 5.76 Å². The topological polar surface area (TPSA) is 83.4 Å². The molecule has 1 amide bonds. The molecule has 4 rings (SSSR count). The SMILES string of the molecule is Cc1ccc(C)c(C(O)=C2C(=O)C(=O)N(Cc3cccnc3)[C@@H]2c2cccnc2)c1. The van der Waals surface area contributed by atoms with Crippen molar-refractivity contribution in [3.05, 3.63) is 101 Å². The van der Waals surface area contributed by atoms with Gasteiger partial charge in [-0.15, -0.1) is 0 Å². The molecule has 3 aromatic rings. The second-order valence-electron chi connectivity index (χ2n) is 7.39. The van der Waals surface area contributed by atoms with Gasteiger partial charge in [0.25, 0.3) is 11.7 Å². The van der Waals surface area contributed by atoms with Crippen molar-refractivity contribution >= 4 is 17.4 Å². The molecule has 0 saturated carbocycles. The van der Waals surface area contributed by atoms with Crippen LogP contribution in [0, 0.1) is 13.8 Å².